The Morgan fingerprint density at radius 3 is 2.86 bits per heavy atom. The number of amides is 2. The fourth-order valence-electron chi connectivity index (χ4n) is 3.55. The molecule has 3 aliphatic heterocycles. The van der Waals surface area contributed by atoms with Crippen molar-refractivity contribution in [2.75, 3.05) is 11.5 Å². The molecule has 4 rings (SSSR count). The van der Waals surface area contributed by atoms with Crippen LogP contribution in [0.4, 0.5) is 5.69 Å². The van der Waals surface area contributed by atoms with Crippen molar-refractivity contribution in [1.29, 1.82) is 0 Å². The van der Waals surface area contributed by atoms with E-state index in [0.717, 1.165) is 4.47 Å². The van der Waals surface area contributed by atoms with Crippen LogP contribution in [0, 0.1) is 11.8 Å². The minimum atomic E-state index is -1.04. The average Bonchev–Trinajstić information content (AvgIpc) is 3.10. The molecule has 3 heterocycles. The van der Waals surface area contributed by atoms with Crippen molar-refractivity contribution in [2.24, 2.45) is 11.8 Å². The summed E-state index contributed by atoms with van der Waals surface area (Å²) in [7, 11) is 0. The summed E-state index contributed by atoms with van der Waals surface area (Å²) in [5.41, 5.74) is -0.496. The summed E-state index contributed by atoms with van der Waals surface area (Å²) in [5, 5.41) is 9.63. The molecule has 3 aliphatic rings. The van der Waals surface area contributed by atoms with E-state index in [4.69, 9.17) is 4.74 Å². The molecule has 2 fully saturated rings. The maximum atomic E-state index is 12.7. The lowest BCUT2D eigenvalue weighted by Crippen LogP contribution is -2.43. The Balaban J connectivity index is 1.79. The molecule has 6 heteroatoms. The molecule has 4 atom stereocenters. The number of halogens is 1. The molecule has 1 N–H and O–H groups in total. The fourth-order valence-corrected chi connectivity index (χ4v) is 3.94. The number of hydrogen-bond acceptors (Lipinski definition) is 4. The van der Waals surface area contributed by atoms with Gasteiger partial charge in [0.2, 0.25) is 11.8 Å². The van der Waals surface area contributed by atoms with E-state index < -0.39 is 23.5 Å². The summed E-state index contributed by atoms with van der Waals surface area (Å²) < 4.78 is 6.48. The zero-order valence-corrected chi connectivity index (χ0v) is 12.5. The van der Waals surface area contributed by atoms with E-state index in [2.05, 4.69) is 15.9 Å². The Kier molecular flexibility index (Phi) is 2.67. The highest BCUT2D eigenvalue weighted by atomic mass is 79.9. The van der Waals surface area contributed by atoms with E-state index in [1.807, 2.05) is 6.07 Å². The fraction of sp³-hybridized carbons (Fsp3) is 0.333. The Labute approximate surface area is 129 Å². The Bertz CT molecular complexity index is 688. The maximum Gasteiger partial charge on any atom is 0.241 e. The molecule has 5 nitrogen and oxygen atoms in total. The van der Waals surface area contributed by atoms with Gasteiger partial charge in [0.15, 0.2) is 0 Å². The molecule has 0 spiro atoms. The normalized spacial score (nSPS) is 36.7. The van der Waals surface area contributed by atoms with E-state index in [-0.39, 0.29) is 18.4 Å². The topological polar surface area (TPSA) is 66.8 Å². The zero-order valence-electron chi connectivity index (χ0n) is 10.9. The Morgan fingerprint density at radius 2 is 2.14 bits per heavy atom. The second kappa shape index (κ2) is 4.25. The molecule has 0 aliphatic carbocycles. The number of carbonyl (C=O) groups excluding carboxylic acids is 2. The number of fused-ring (bicyclic) bond motifs is 5. The van der Waals surface area contributed by atoms with Gasteiger partial charge < -0.3 is 9.84 Å². The summed E-state index contributed by atoms with van der Waals surface area (Å²) in [5.74, 6) is -1.73. The van der Waals surface area contributed by atoms with Crippen molar-refractivity contribution in [1.82, 2.24) is 0 Å². The smallest absolute Gasteiger partial charge is 0.241 e. The minimum Gasteiger partial charge on any atom is -0.393 e. The summed E-state index contributed by atoms with van der Waals surface area (Å²) in [6.45, 7) is -0.299. The SMILES string of the molecule is O=C1[C@H]2[C@@H]3C=C[C@@](CO)(O3)[C@@H]2C(=O)N1c1cccc(Br)c1. The number of hydrogen-bond donors (Lipinski definition) is 1. The van der Waals surface area contributed by atoms with Crippen molar-refractivity contribution in [3.63, 3.8) is 0 Å². The molecule has 1 aromatic carbocycles. The Hall–Kier alpha value is -1.50. The monoisotopic (exact) mass is 349 g/mol. The van der Waals surface area contributed by atoms with Crippen LogP contribution in [0.2, 0.25) is 0 Å². The molecule has 2 amide bonds. The van der Waals surface area contributed by atoms with Gasteiger partial charge >= 0.3 is 0 Å². The lowest BCUT2D eigenvalue weighted by molar-refractivity contribution is -0.128. The van der Waals surface area contributed by atoms with Crippen molar-refractivity contribution in [2.45, 2.75) is 11.7 Å². The lowest BCUT2D eigenvalue weighted by atomic mass is 9.77. The van der Waals surface area contributed by atoms with Crippen LogP contribution in [0.25, 0.3) is 0 Å². The van der Waals surface area contributed by atoms with Gasteiger partial charge in [-0.3, -0.25) is 9.59 Å². The first kappa shape index (κ1) is 13.2. The third-order valence-electron chi connectivity index (χ3n) is 4.47. The average molecular weight is 350 g/mol. The summed E-state index contributed by atoms with van der Waals surface area (Å²) in [6.07, 6.45) is 3.07. The number of carbonyl (C=O) groups is 2. The molecule has 108 valence electrons. The van der Waals surface area contributed by atoms with Crippen molar-refractivity contribution in [3.8, 4) is 0 Å². The van der Waals surface area contributed by atoms with E-state index in [1.165, 1.54) is 4.90 Å². The molecule has 0 unspecified atom stereocenters. The highest BCUT2D eigenvalue weighted by Gasteiger charge is 2.67. The van der Waals surface area contributed by atoms with Gasteiger partial charge in [-0.2, -0.15) is 0 Å². The summed E-state index contributed by atoms with van der Waals surface area (Å²) in [4.78, 5) is 26.6. The zero-order chi connectivity index (χ0) is 14.8. The highest BCUT2D eigenvalue weighted by molar-refractivity contribution is 9.10. The van der Waals surface area contributed by atoms with Gasteiger partial charge in [0.1, 0.15) is 5.60 Å². The molecule has 2 bridgehead atoms. The van der Waals surface area contributed by atoms with Crippen molar-refractivity contribution < 1.29 is 19.4 Å². The van der Waals surface area contributed by atoms with Crippen LogP contribution in [-0.4, -0.2) is 35.2 Å². The molecule has 21 heavy (non-hydrogen) atoms. The molecular weight excluding hydrogens is 338 g/mol. The van der Waals surface area contributed by atoms with E-state index in [1.54, 1.807) is 30.4 Å². The van der Waals surface area contributed by atoms with Crippen LogP contribution in [0.3, 0.4) is 0 Å². The number of aliphatic hydroxyl groups is 1. The van der Waals surface area contributed by atoms with Gasteiger partial charge in [-0.15, -0.1) is 0 Å². The maximum absolute atomic E-state index is 12.7. The third-order valence-corrected chi connectivity index (χ3v) is 4.96. The van der Waals surface area contributed by atoms with E-state index >= 15 is 0 Å². The first-order valence-electron chi connectivity index (χ1n) is 6.69. The Morgan fingerprint density at radius 1 is 1.33 bits per heavy atom. The quantitative estimate of drug-likeness (QED) is 0.644. The van der Waals surface area contributed by atoms with Crippen LogP contribution in [-0.2, 0) is 14.3 Å². The van der Waals surface area contributed by atoms with Gasteiger partial charge in [0.25, 0.3) is 0 Å². The largest absolute Gasteiger partial charge is 0.393 e. The molecular formula is C15H12BrNO4. The molecule has 1 aromatic rings. The molecule has 0 radical (unpaired) electrons. The second-order valence-corrected chi connectivity index (χ2v) is 6.47. The van der Waals surface area contributed by atoms with E-state index in [9.17, 15) is 14.7 Å². The van der Waals surface area contributed by atoms with Crippen molar-refractivity contribution >= 4 is 33.4 Å². The number of anilines is 1. The number of aliphatic hydroxyl groups excluding tert-OH is 1. The van der Waals surface area contributed by atoms with Crippen molar-refractivity contribution in [3.05, 3.63) is 40.9 Å². The first-order chi connectivity index (χ1) is 10.1. The van der Waals surface area contributed by atoms with Crippen LogP contribution in [0.5, 0.6) is 0 Å². The number of imide groups is 1. The second-order valence-electron chi connectivity index (χ2n) is 5.55. The van der Waals surface area contributed by atoms with Gasteiger partial charge in [0.05, 0.1) is 30.2 Å². The van der Waals surface area contributed by atoms with Gasteiger partial charge in [-0.25, -0.2) is 4.90 Å². The standard InChI is InChI=1S/C15H12BrNO4/c16-8-2-1-3-9(6-8)17-13(19)11-10-4-5-15(7-18,21-10)12(11)14(17)20/h1-6,10-12,18H,7H2/t10-,11-,12-,15-/m0/s1. The number of rotatable bonds is 2. The van der Waals surface area contributed by atoms with Gasteiger partial charge in [0, 0.05) is 4.47 Å². The van der Waals surface area contributed by atoms with Crippen LogP contribution in [0.1, 0.15) is 0 Å². The highest BCUT2D eigenvalue weighted by Crippen LogP contribution is 2.52. The predicted octanol–water partition coefficient (Wildman–Crippen LogP) is 1.25. The first-order valence-corrected chi connectivity index (χ1v) is 7.48. The van der Waals surface area contributed by atoms with Crippen LogP contribution < -0.4 is 4.90 Å². The third kappa shape index (κ3) is 1.58. The van der Waals surface area contributed by atoms with Crippen LogP contribution in [0.15, 0.2) is 40.9 Å². The molecule has 0 aromatic heterocycles. The minimum absolute atomic E-state index is 0.257. The summed E-state index contributed by atoms with van der Waals surface area (Å²) >= 11 is 3.34. The van der Waals surface area contributed by atoms with Crippen LogP contribution >= 0.6 is 15.9 Å². The van der Waals surface area contributed by atoms with Gasteiger partial charge in [-0.05, 0) is 18.2 Å². The molecule has 0 saturated carbocycles. The predicted molar refractivity (Wildman–Crippen MR) is 77.4 cm³/mol. The molecule has 2 saturated heterocycles. The summed E-state index contributed by atoms with van der Waals surface area (Å²) in [6, 6.07) is 7.07. The lowest BCUT2D eigenvalue weighted by Gasteiger charge is -2.26. The number of benzene rings is 1. The van der Waals surface area contributed by atoms with E-state index in [0.29, 0.717) is 5.69 Å². The van der Waals surface area contributed by atoms with Gasteiger partial charge in [-0.1, -0.05) is 34.1 Å². The number of ether oxygens (including phenoxy) is 1. The number of nitrogens with zero attached hydrogens (tertiary/aromatic N) is 1.